The number of rotatable bonds is 5. The smallest absolute Gasteiger partial charge is 0.324 e. The second kappa shape index (κ2) is 10.4. The number of nitrogens with two attached hydrogens (primary N) is 1. The van der Waals surface area contributed by atoms with E-state index in [0.29, 0.717) is 19.6 Å². The van der Waals surface area contributed by atoms with E-state index >= 15 is 0 Å². The first-order valence-electron chi connectivity index (χ1n) is 13.6. The number of primary amides is 1. The van der Waals surface area contributed by atoms with Crippen molar-refractivity contribution >= 4 is 34.5 Å². The van der Waals surface area contributed by atoms with Crippen LogP contribution in [0, 0.1) is 0 Å². The zero-order valence-corrected chi connectivity index (χ0v) is 22.6. The predicted octanol–water partition coefficient (Wildman–Crippen LogP) is 1.77. The van der Waals surface area contributed by atoms with Gasteiger partial charge in [0.2, 0.25) is 5.91 Å². The van der Waals surface area contributed by atoms with Gasteiger partial charge in [-0.2, -0.15) is 0 Å². The SMILES string of the molecule is CN1CCN(c2ccc(-c3ccc4ncc5c(c4n3)N(C3CCN(CC(N)=O)CC3)C(=O)N(C)C5)cn2)CC1. The van der Waals surface area contributed by atoms with E-state index in [4.69, 9.17) is 15.7 Å². The molecule has 0 aromatic carbocycles. The first-order valence-corrected chi connectivity index (χ1v) is 13.6. The first kappa shape index (κ1) is 25.4. The Morgan fingerprint density at radius 3 is 2.44 bits per heavy atom. The molecule has 0 aliphatic carbocycles. The molecule has 2 saturated heterocycles. The van der Waals surface area contributed by atoms with Crippen LogP contribution in [0.3, 0.4) is 0 Å². The number of hydrogen-bond donors (Lipinski definition) is 1. The lowest BCUT2D eigenvalue weighted by Crippen LogP contribution is -2.54. The number of anilines is 2. The van der Waals surface area contributed by atoms with E-state index in [-0.39, 0.29) is 24.5 Å². The van der Waals surface area contributed by atoms with Crippen LogP contribution in [0.1, 0.15) is 18.4 Å². The summed E-state index contributed by atoms with van der Waals surface area (Å²) in [6, 6.07) is 8.05. The number of likely N-dealkylation sites (N-methyl/N-ethyl adjacent to an activating group) is 1. The van der Waals surface area contributed by atoms with Crippen molar-refractivity contribution in [1.29, 1.82) is 0 Å². The molecule has 39 heavy (non-hydrogen) atoms. The maximum absolute atomic E-state index is 13.6. The number of likely N-dealkylation sites (tertiary alicyclic amines) is 1. The number of carbonyl (C=O) groups is 2. The number of hydrogen-bond acceptors (Lipinski definition) is 8. The molecule has 2 N–H and O–H groups in total. The van der Waals surface area contributed by atoms with Gasteiger partial charge >= 0.3 is 6.03 Å². The highest BCUT2D eigenvalue weighted by Crippen LogP contribution is 2.37. The fourth-order valence-electron chi connectivity index (χ4n) is 5.89. The van der Waals surface area contributed by atoms with Crippen LogP contribution in [-0.2, 0) is 11.3 Å². The molecule has 0 atom stereocenters. The Balaban J connectivity index is 1.32. The van der Waals surface area contributed by atoms with Gasteiger partial charge in [0.05, 0.1) is 30.0 Å². The summed E-state index contributed by atoms with van der Waals surface area (Å²) in [7, 11) is 3.97. The van der Waals surface area contributed by atoms with Gasteiger partial charge in [-0.05, 0) is 44.2 Å². The molecule has 3 aromatic heterocycles. The quantitative estimate of drug-likeness (QED) is 0.532. The van der Waals surface area contributed by atoms with E-state index < -0.39 is 0 Å². The van der Waals surface area contributed by atoms with Gasteiger partial charge in [0.1, 0.15) is 11.3 Å². The van der Waals surface area contributed by atoms with Gasteiger partial charge < -0.3 is 20.4 Å². The van der Waals surface area contributed by atoms with Gasteiger partial charge in [0.25, 0.3) is 0 Å². The molecule has 3 aromatic rings. The molecule has 11 heteroatoms. The average molecular weight is 530 g/mol. The van der Waals surface area contributed by atoms with Crippen molar-refractivity contribution in [2.75, 3.05) is 69.7 Å². The zero-order valence-electron chi connectivity index (χ0n) is 22.6. The standard InChI is InChI=1S/C28H35N9O2/c1-33-11-13-36(14-12-33)25-6-3-19(15-31-25)22-4-5-23-26(32-22)27-20(16-30-23)17-34(2)28(39)37(27)21-7-9-35(10-8-21)18-24(29)38/h3-6,15-16,21H,7-14,17-18H2,1-2H3,(H2,29,38). The lowest BCUT2D eigenvalue weighted by molar-refractivity contribution is -0.119. The summed E-state index contributed by atoms with van der Waals surface area (Å²) in [5, 5.41) is 0. The fraction of sp³-hybridized carbons (Fsp3) is 0.464. The van der Waals surface area contributed by atoms with Gasteiger partial charge in [-0.25, -0.2) is 14.8 Å². The van der Waals surface area contributed by atoms with Crippen molar-refractivity contribution in [3.63, 3.8) is 0 Å². The molecule has 0 saturated carbocycles. The molecule has 3 amide bonds. The minimum Gasteiger partial charge on any atom is -0.369 e. The van der Waals surface area contributed by atoms with Crippen molar-refractivity contribution in [3.05, 3.63) is 42.2 Å². The number of fused-ring (bicyclic) bond motifs is 3. The molecular formula is C28H35N9O2. The highest BCUT2D eigenvalue weighted by Gasteiger charge is 2.37. The number of aromatic nitrogens is 3. The number of nitrogens with zero attached hydrogens (tertiary/aromatic N) is 8. The van der Waals surface area contributed by atoms with Gasteiger partial charge in [0.15, 0.2) is 0 Å². The van der Waals surface area contributed by atoms with Crippen molar-refractivity contribution in [2.45, 2.75) is 25.4 Å². The van der Waals surface area contributed by atoms with E-state index in [1.165, 1.54) is 0 Å². The van der Waals surface area contributed by atoms with Crippen molar-refractivity contribution in [2.24, 2.45) is 5.73 Å². The summed E-state index contributed by atoms with van der Waals surface area (Å²) in [5.74, 6) is 0.654. The van der Waals surface area contributed by atoms with Crippen LogP contribution in [0.5, 0.6) is 0 Å². The van der Waals surface area contributed by atoms with Gasteiger partial charge in [-0.15, -0.1) is 0 Å². The third-order valence-corrected chi connectivity index (χ3v) is 8.12. The predicted molar refractivity (Wildman–Crippen MR) is 150 cm³/mol. The third kappa shape index (κ3) is 4.99. The summed E-state index contributed by atoms with van der Waals surface area (Å²) in [4.78, 5) is 49.8. The number of piperazine rings is 1. The molecule has 6 rings (SSSR count). The molecule has 204 valence electrons. The molecule has 11 nitrogen and oxygen atoms in total. The Kier molecular flexibility index (Phi) is 6.78. The molecule has 6 heterocycles. The Labute approximate surface area is 228 Å². The average Bonchev–Trinajstić information content (AvgIpc) is 2.94. The van der Waals surface area contributed by atoms with E-state index in [9.17, 15) is 9.59 Å². The largest absolute Gasteiger partial charge is 0.369 e. The molecule has 0 radical (unpaired) electrons. The van der Waals surface area contributed by atoms with Gasteiger partial charge in [0, 0.05) is 75.9 Å². The molecule has 0 unspecified atom stereocenters. The highest BCUT2D eigenvalue weighted by atomic mass is 16.2. The molecule has 2 fully saturated rings. The second-order valence-corrected chi connectivity index (χ2v) is 10.9. The van der Waals surface area contributed by atoms with Crippen molar-refractivity contribution in [3.8, 4) is 11.3 Å². The second-order valence-electron chi connectivity index (χ2n) is 10.9. The monoisotopic (exact) mass is 529 g/mol. The first-order chi connectivity index (χ1) is 18.9. The summed E-state index contributed by atoms with van der Waals surface area (Å²) in [6.45, 7) is 6.15. The topological polar surface area (TPSA) is 115 Å². The molecule has 3 aliphatic rings. The van der Waals surface area contributed by atoms with Crippen LogP contribution >= 0.6 is 0 Å². The van der Waals surface area contributed by atoms with E-state index in [0.717, 1.165) is 78.4 Å². The van der Waals surface area contributed by atoms with E-state index in [1.807, 2.05) is 36.5 Å². The number of carbonyl (C=O) groups excluding carboxylic acids is 2. The summed E-state index contributed by atoms with van der Waals surface area (Å²) in [5.41, 5.74) is 10.5. The molecule has 0 bridgehead atoms. The highest BCUT2D eigenvalue weighted by molar-refractivity contribution is 6.04. The molecular weight excluding hydrogens is 494 g/mol. The summed E-state index contributed by atoms with van der Waals surface area (Å²) in [6.07, 6.45) is 5.26. The van der Waals surface area contributed by atoms with Crippen LogP contribution < -0.4 is 15.5 Å². The Morgan fingerprint density at radius 1 is 0.974 bits per heavy atom. The number of pyridine rings is 3. The van der Waals surface area contributed by atoms with Crippen LogP contribution in [0.25, 0.3) is 22.3 Å². The Morgan fingerprint density at radius 2 is 1.74 bits per heavy atom. The minimum absolute atomic E-state index is 0.00344. The lowest BCUT2D eigenvalue weighted by atomic mass is 9.99. The van der Waals surface area contributed by atoms with Gasteiger partial charge in [-0.3, -0.25) is 19.6 Å². The number of piperidine rings is 1. The lowest BCUT2D eigenvalue weighted by Gasteiger charge is -2.43. The summed E-state index contributed by atoms with van der Waals surface area (Å²) >= 11 is 0. The summed E-state index contributed by atoms with van der Waals surface area (Å²) < 4.78 is 0. The number of urea groups is 1. The third-order valence-electron chi connectivity index (χ3n) is 8.12. The minimum atomic E-state index is -0.326. The van der Waals surface area contributed by atoms with Crippen LogP contribution in [0.2, 0.25) is 0 Å². The van der Waals surface area contributed by atoms with Gasteiger partial charge in [-0.1, -0.05) is 0 Å². The van der Waals surface area contributed by atoms with E-state index in [1.54, 1.807) is 4.90 Å². The van der Waals surface area contributed by atoms with Crippen LogP contribution in [0.15, 0.2) is 36.7 Å². The van der Waals surface area contributed by atoms with Crippen LogP contribution in [-0.4, -0.2) is 108 Å². The molecule has 0 spiro atoms. The maximum Gasteiger partial charge on any atom is 0.324 e. The number of amides is 3. The van der Waals surface area contributed by atoms with Crippen molar-refractivity contribution in [1.82, 2.24) is 29.7 Å². The van der Waals surface area contributed by atoms with E-state index in [2.05, 4.69) is 38.9 Å². The fourth-order valence-corrected chi connectivity index (χ4v) is 5.89. The normalized spacial score (nSPS) is 19.5. The molecule has 3 aliphatic heterocycles. The zero-order chi connectivity index (χ0) is 27.1. The van der Waals surface area contributed by atoms with Crippen LogP contribution in [0.4, 0.5) is 16.3 Å². The Hall–Kier alpha value is -3.83. The Bertz CT molecular complexity index is 1380. The van der Waals surface area contributed by atoms with Crippen molar-refractivity contribution < 1.29 is 9.59 Å². The maximum atomic E-state index is 13.6.